The third-order valence-corrected chi connectivity index (χ3v) is 2.63. The molecule has 0 N–H and O–H groups in total. The maximum Gasteiger partial charge on any atom is 0.0503 e. The van der Waals surface area contributed by atoms with Crippen LogP contribution in [0.15, 0.2) is 16.3 Å². The topological polar surface area (TPSA) is 18.8 Å². The van der Waals surface area contributed by atoms with Gasteiger partial charge >= 0.3 is 0 Å². The Kier molecular flexibility index (Phi) is 4.29. The Bertz CT molecular complexity index is 233. The zero-order valence-electron chi connectivity index (χ0n) is 9.58. The first-order valence-corrected chi connectivity index (χ1v) is 5.16. The average molecular weight is 195 g/mol. The summed E-state index contributed by atoms with van der Waals surface area (Å²) >= 11 is 0. The zero-order chi connectivity index (χ0) is 10.6. The largest absolute Gasteiger partial charge is 0.294 e. The summed E-state index contributed by atoms with van der Waals surface area (Å²) in [6, 6.07) is 0. The molecule has 80 valence electrons. The van der Waals surface area contributed by atoms with Gasteiger partial charge in [-0.2, -0.15) is 0 Å². The van der Waals surface area contributed by atoms with Crippen LogP contribution in [0.2, 0.25) is 0 Å². The van der Waals surface area contributed by atoms with Crippen molar-refractivity contribution in [2.45, 2.75) is 19.8 Å². The summed E-state index contributed by atoms with van der Waals surface area (Å²) in [7, 11) is 4.31. The molecular weight excluding hydrogens is 174 g/mol. The molecule has 0 saturated carbocycles. The van der Waals surface area contributed by atoms with E-state index in [-0.39, 0.29) is 0 Å². The molecule has 0 amide bonds. The Hall–Kier alpha value is -0.670. The number of allylic oxidation sites excluding steroid dienone is 1. The molecule has 0 fully saturated rings. The lowest BCUT2D eigenvalue weighted by Crippen LogP contribution is -2.33. The second-order valence-corrected chi connectivity index (χ2v) is 4.22. The predicted molar refractivity (Wildman–Crippen MR) is 61.6 cm³/mol. The molecule has 0 unspecified atom stereocenters. The van der Waals surface area contributed by atoms with E-state index in [4.69, 9.17) is 0 Å². The molecule has 3 nitrogen and oxygen atoms in total. The van der Waals surface area contributed by atoms with Crippen molar-refractivity contribution in [2.75, 3.05) is 33.9 Å². The van der Waals surface area contributed by atoms with Gasteiger partial charge in [-0.15, -0.1) is 0 Å². The normalized spacial score (nSPS) is 27.9. The van der Waals surface area contributed by atoms with Crippen LogP contribution in [0, 0.1) is 0 Å². The fourth-order valence-electron chi connectivity index (χ4n) is 1.97. The Labute approximate surface area is 87.1 Å². The van der Waals surface area contributed by atoms with Gasteiger partial charge in [0, 0.05) is 12.2 Å². The molecule has 0 bridgehead atoms. The SMILES string of the molecule is C=N/C1=C(\C)CN(C)CN(C)CCC1. The Morgan fingerprint density at radius 2 is 2.00 bits per heavy atom. The summed E-state index contributed by atoms with van der Waals surface area (Å²) < 4.78 is 0. The Balaban J connectivity index is 2.72. The highest BCUT2D eigenvalue weighted by Gasteiger charge is 2.10. The van der Waals surface area contributed by atoms with Crippen LogP contribution in [0.1, 0.15) is 19.8 Å². The van der Waals surface area contributed by atoms with Crippen molar-refractivity contribution in [2.24, 2.45) is 4.99 Å². The van der Waals surface area contributed by atoms with E-state index in [9.17, 15) is 0 Å². The molecule has 0 aromatic heterocycles. The van der Waals surface area contributed by atoms with Crippen molar-refractivity contribution >= 4 is 6.72 Å². The van der Waals surface area contributed by atoms with E-state index in [1.165, 1.54) is 17.7 Å². The van der Waals surface area contributed by atoms with Gasteiger partial charge < -0.3 is 0 Å². The standard InChI is InChI=1S/C11H21N3/c1-10-8-14(4)9-13(3)7-5-6-11(10)12-2/h2,5-9H2,1,3-4H3/b11-10+. The van der Waals surface area contributed by atoms with Crippen molar-refractivity contribution in [3.05, 3.63) is 11.3 Å². The molecule has 0 spiro atoms. The second kappa shape index (κ2) is 5.27. The van der Waals surface area contributed by atoms with Gasteiger partial charge in [-0.3, -0.25) is 14.8 Å². The molecule has 0 atom stereocenters. The van der Waals surface area contributed by atoms with E-state index in [2.05, 4.69) is 42.5 Å². The van der Waals surface area contributed by atoms with Crippen LogP contribution in [0.4, 0.5) is 0 Å². The second-order valence-electron chi connectivity index (χ2n) is 4.22. The smallest absolute Gasteiger partial charge is 0.0503 e. The molecule has 0 aromatic rings. The fraction of sp³-hybridized carbons (Fsp3) is 0.727. The zero-order valence-corrected chi connectivity index (χ0v) is 9.58. The molecule has 1 rings (SSSR count). The van der Waals surface area contributed by atoms with E-state index < -0.39 is 0 Å². The molecule has 0 aliphatic carbocycles. The van der Waals surface area contributed by atoms with Gasteiger partial charge in [-0.25, -0.2) is 0 Å². The number of rotatable bonds is 1. The maximum absolute atomic E-state index is 4.12. The van der Waals surface area contributed by atoms with Crippen LogP contribution in [0.5, 0.6) is 0 Å². The monoisotopic (exact) mass is 195 g/mol. The number of hydrogen-bond donors (Lipinski definition) is 0. The van der Waals surface area contributed by atoms with Crippen molar-refractivity contribution in [1.29, 1.82) is 0 Å². The molecule has 1 aliphatic heterocycles. The quantitative estimate of drug-likeness (QED) is 0.592. The molecule has 0 saturated heterocycles. The first-order chi connectivity index (χ1) is 6.63. The number of hydrogen-bond acceptors (Lipinski definition) is 3. The minimum atomic E-state index is 0.999. The summed E-state index contributed by atoms with van der Waals surface area (Å²) in [5.41, 5.74) is 2.55. The van der Waals surface area contributed by atoms with Gasteiger partial charge in [-0.1, -0.05) is 0 Å². The summed E-state index contributed by atoms with van der Waals surface area (Å²) in [5, 5.41) is 0. The number of likely N-dealkylation sites (N-methyl/N-ethyl adjacent to an activating group) is 1. The molecule has 0 aromatic carbocycles. The summed E-state index contributed by atoms with van der Waals surface area (Å²) in [4.78, 5) is 8.77. The van der Waals surface area contributed by atoms with E-state index in [1.54, 1.807) is 0 Å². The lowest BCUT2D eigenvalue weighted by Gasteiger charge is -2.23. The lowest BCUT2D eigenvalue weighted by atomic mass is 10.1. The highest BCUT2D eigenvalue weighted by Crippen LogP contribution is 2.15. The van der Waals surface area contributed by atoms with Crippen LogP contribution < -0.4 is 0 Å². The van der Waals surface area contributed by atoms with Crippen LogP contribution >= 0.6 is 0 Å². The van der Waals surface area contributed by atoms with Gasteiger partial charge in [-0.05, 0) is 52.7 Å². The minimum absolute atomic E-state index is 0.999. The van der Waals surface area contributed by atoms with Gasteiger partial charge in [0.05, 0.1) is 6.67 Å². The maximum atomic E-state index is 4.12. The van der Waals surface area contributed by atoms with Gasteiger partial charge in [0.15, 0.2) is 0 Å². The highest BCUT2D eigenvalue weighted by atomic mass is 15.3. The van der Waals surface area contributed by atoms with Crippen molar-refractivity contribution in [1.82, 2.24) is 9.80 Å². The number of aliphatic imine (C=N–C) groups is 1. The molecule has 0 radical (unpaired) electrons. The van der Waals surface area contributed by atoms with E-state index in [0.29, 0.717) is 0 Å². The number of nitrogens with zero attached hydrogens (tertiary/aromatic N) is 3. The minimum Gasteiger partial charge on any atom is -0.294 e. The van der Waals surface area contributed by atoms with E-state index >= 15 is 0 Å². The van der Waals surface area contributed by atoms with E-state index in [0.717, 1.165) is 26.2 Å². The average Bonchev–Trinajstić information content (AvgIpc) is 2.15. The molecule has 3 heteroatoms. The first kappa shape index (κ1) is 11.4. The summed E-state index contributed by atoms with van der Waals surface area (Å²) in [6.45, 7) is 8.96. The van der Waals surface area contributed by atoms with Crippen molar-refractivity contribution in [3.63, 3.8) is 0 Å². The van der Waals surface area contributed by atoms with Crippen LogP contribution in [-0.2, 0) is 0 Å². The summed E-state index contributed by atoms with van der Waals surface area (Å²) in [5.74, 6) is 0. The third kappa shape index (κ3) is 3.24. The highest BCUT2D eigenvalue weighted by molar-refractivity contribution is 5.31. The van der Waals surface area contributed by atoms with E-state index in [1.807, 2.05) is 0 Å². The Morgan fingerprint density at radius 3 is 2.64 bits per heavy atom. The van der Waals surface area contributed by atoms with Crippen molar-refractivity contribution in [3.8, 4) is 0 Å². The third-order valence-electron chi connectivity index (χ3n) is 2.63. The summed E-state index contributed by atoms with van der Waals surface area (Å²) in [6.07, 6.45) is 2.24. The van der Waals surface area contributed by atoms with Gasteiger partial charge in [0.25, 0.3) is 0 Å². The lowest BCUT2D eigenvalue weighted by molar-refractivity contribution is 0.195. The van der Waals surface area contributed by atoms with Crippen LogP contribution in [-0.4, -0.2) is 50.4 Å². The molecule has 1 heterocycles. The van der Waals surface area contributed by atoms with Crippen LogP contribution in [0.25, 0.3) is 0 Å². The van der Waals surface area contributed by atoms with Crippen LogP contribution in [0.3, 0.4) is 0 Å². The fourth-order valence-corrected chi connectivity index (χ4v) is 1.97. The molecule has 14 heavy (non-hydrogen) atoms. The van der Waals surface area contributed by atoms with Crippen molar-refractivity contribution < 1.29 is 0 Å². The predicted octanol–water partition coefficient (Wildman–Crippen LogP) is 1.58. The molecular formula is C11H21N3. The first-order valence-electron chi connectivity index (χ1n) is 5.16. The Morgan fingerprint density at radius 1 is 1.29 bits per heavy atom. The van der Waals surface area contributed by atoms with Gasteiger partial charge in [0.2, 0.25) is 0 Å². The molecule has 1 aliphatic rings. The van der Waals surface area contributed by atoms with Gasteiger partial charge in [0.1, 0.15) is 0 Å².